The van der Waals surface area contributed by atoms with Gasteiger partial charge in [0.2, 0.25) is 5.91 Å². The molecule has 0 spiro atoms. The molecule has 5 nitrogen and oxygen atoms in total. The summed E-state index contributed by atoms with van der Waals surface area (Å²) >= 11 is 1.48. The summed E-state index contributed by atoms with van der Waals surface area (Å²) in [5.74, 6) is -0.513. The van der Waals surface area contributed by atoms with Crippen molar-refractivity contribution in [1.82, 2.24) is 10.9 Å². The molecule has 0 unspecified atom stereocenters. The maximum Gasteiger partial charge on any atom is 0.279 e. The molecule has 3 rings (SSSR count). The highest BCUT2D eigenvalue weighted by Gasteiger charge is 2.21. The topological polar surface area (TPSA) is 67.4 Å². The molecule has 138 valence electrons. The van der Waals surface area contributed by atoms with Gasteiger partial charge in [-0.2, -0.15) is 0 Å². The van der Waals surface area contributed by atoms with Gasteiger partial charge in [-0.25, -0.2) is 4.39 Å². The molecule has 1 aromatic carbocycles. The van der Waals surface area contributed by atoms with Crippen molar-refractivity contribution in [3.8, 4) is 5.75 Å². The molecule has 0 saturated carbocycles. The van der Waals surface area contributed by atoms with Gasteiger partial charge in [-0.15, -0.1) is 11.3 Å². The van der Waals surface area contributed by atoms with Crippen LogP contribution in [0.2, 0.25) is 0 Å². The number of carbonyl (C=O) groups excluding carboxylic acids is 2. The molecule has 1 aliphatic carbocycles. The Morgan fingerprint density at radius 1 is 1.31 bits per heavy atom. The number of methoxy groups -OCH3 is 1. The number of hydrogen-bond acceptors (Lipinski definition) is 4. The van der Waals surface area contributed by atoms with Gasteiger partial charge in [0.05, 0.1) is 18.4 Å². The number of hydrogen-bond donors (Lipinski definition) is 2. The monoisotopic (exact) mass is 376 g/mol. The Morgan fingerprint density at radius 2 is 2.12 bits per heavy atom. The van der Waals surface area contributed by atoms with Crippen LogP contribution >= 0.6 is 11.3 Å². The fraction of sp³-hybridized carbons (Fsp3) is 0.368. The standard InChI is InChI=1S/C19H21FN2O3S/c1-11-3-6-16-13(7-11)10-17(26-16)19(24)22-21-18(23)9-12-4-5-15(25-2)14(20)8-12/h4-5,8,10-11H,3,6-7,9H2,1-2H3,(H,21,23)(H,22,24)/t11-/m1/s1. The zero-order chi connectivity index (χ0) is 18.7. The number of fused-ring (bicyclic) bond motifs is 1. The van der Waals surface area contributed by atoms with Crippen LogP contribution in [0.15, 0.2) is 24.3 Å². The number of benzene rings is 1. The summed E-state index contributed by atoms with van der Waals surface area (Å²) in [6.45, 7) is 2.21. The predicted molar refractivity (Wildman–Crippen MR) is 97.8 cm³/mol. The fourth-order valence-electron chi connectivity index (χ4n) is 3.06. The minimum absolute atomic E-state index is 0.0420. The first-order valence-electron chi connectivity index (χ1n) is 8.49. The van der Waals surface area contributed by atoms with Gasteiger partial charge in [0.15, 0.2) is 11.6 Å². The average molecular weight is 376 g/mol. The fourth-order valence-corrected chi connectivity index (χ4v) is 4.16. The molecule has 0 fully saturated rings. The lowest BCUT2D eigenvalue weighted by Gasteiger charge is -2.16. The number of amides is 2. The summed E-state index contributed by atoms with van der Waals surface area (Å²) in [7, 11) is 1.38. The SMILES string of the molecule is COc1ccc(CC(=O)NNC(=O)c2cc3c(s2)CC[C@@H](C)C3)cc1F. The summed E-state index contributed by atoms with van der Waals surface area (Å²) in [4.78, 5) is 26.1. The van der Waals surface area contributed by atoms with Crippen molar-refractivity contribution >= 4 is 23.2 Å². The zero-order valence-electron chi connectivity index (χ0n) is 14.7. The quantitative estimate of drug-likeness (QED) is 0.806. The number of aryl methyl sites for hydroxylation is 1. The number of nitrogens with one attached hydrogen (secondary N) is 2. The number of carbonyl (C=O) groups is 2. The van der Waals surface area contributed by atoms with Crippen molar-refractivity contribution < 1.29 is 18.7 Å². The first-order chi connectivity index (χ1) is 12.5. The first kappa shape index (κ1) is 18.4. The number of halogens is 1. The van der Waals surface area contributed by atoms with E-state index in [1.165, 1.54) is 41.0 Å². The minimum atomic E-state index is -0.528. The molecule has 1 aromatic heterocycles. The Labute approximate surface area is 155 Å². The maximum absolute atomic E-state index is 13.7. The van der Waals surface area contributed by atoms with Crippen LogP contribution in [0.5, 0.6) is 5.75 Å². The van der Waals surface area contributed by atoms with E-state index in [4.69, 9.17) is 4.74 Å². The molecule has 2 N–H and O–H groups in total. The molecule has 0 bridgehead atoms. The summed E-state index contributed by atoms with van der Waals surface area (Å²) in [6, 6.07) is 6.23. The van der Waals surface area contributed by atoms with Crippen LogP contribution in [0.1, 0.15) is 39.0 Å². The van der Waals surface area contributed by atoms with Crippen molar-refractivity contribution in [2.45, 2.75) is 32.6 Å². The van der Waals surface area contributed by atoms with Gasteiger partial charge in [0, 0.05) is 4.88 Å². The van der Waals surface area contributed by atoms with Gasteiger partial charge in [-0.3, -0.25) is 20.4 Å². The molecule has 2 aromatic rings. The molecular weight excluding hydrogens is 355 g/mol. The molecule has 1 aliphatic rings. The molecule has 0 saturated heterocycles. The van der Waals surface area contributed by atoms with Crippen molar-refractivity contribution in [3.05, 3.63) is 51.0 Å². The van der Waals surface area contributed by atoms with Crippen LogP contribution in [0.4, 0.5) is 4.39 Å². The number of thiophene rings is 1. The van der Waals surface area contributed by atoms with E-state index < -0.39 is 11.7 Å². The van der Waals surface area contributed by atoms with Gasteiger partial charge in [0.1, 0.15) is 0 Å². The molecule has 1 heterocycles. The molecule has 1 atom stereocenters. The van der Waals surface area contributed by atoms with E-state index in [0.717, 1.165) is 19.3 Å². The van der Waals surface area contributed by atoms with E-state index in [-0.39, 0.29) is 18.1 Å². The second-order valence-corrected chi connectivity index (χ2v) is 7.69. The lowest BCUT2D eigenvalue weighted by atomic mass is 9.90. The number of rotatable bonds is 4. The Morgan fingerprint density at radius 3 is 2.85 bits per heavy atom. The van der Waals surface area contributed by atoms with E-state index >= 15 is 0 Å². The van der Waals surface area contributed by atoms with Crippen LogP contribution in [0.3, 0.4) is 0 Å². The van der Waals surface area contributed by atoms with Crippen molar-refractivity contribution in [3.63, 3.8) is 0 Å². The van der Waals surface area contributed by atoms with Crippen LogP contribution < -0.4 is 15.6 Å². The van der Waals surface area contributed by atoms with Crippen molar-refractivity contribution in [2.24, 2.45) is 5.92 Å². The Hall–Kier alpha value is -2.41. The molecule has 26 heavy (non-hydrogen) atoms. The minimum Gasteiger partial charge on any atom is -0.494 e. The third kappa shape index (κ3) is 4.22. The second-order valence-electron chi connectivity index (χ2n) is 6.56. The van der Waals surface area contributed by atoms with E-state index in [0.29, 0.717) is 16.4 Å². The normalized spacial score (nSPS) is 15.9. The Kier molecular flexibility index (Phi) is 5.56. The molecule has 2 amide bonds. The maximum atomic E-state index is 13.7. The zero-order valence-corrected chi connectivity index (χ0v) is 15.5. The molecular formula is C19H21FN2O3S. The third-order valence-corrected chi connectivity index (χ3v) is 5.69. The average Bonchev–Trinajstić information content (AvgIpc) is 3.03. The Bertz CT molecular complexity index is 834. The first-order valence-corrected chi connectivity index (χ1v) is 9.31. The molecule has 0 radical (unpaired) electrons. The number of hydrazine groups is 1. The summed E-state index contributed by atoms with van der Waals surface area (Å²) in [5, 5.41) is 0. The highest BCUT2D eigenvalue weighted by molar-refractivity contribution is 7.14. The smallest absolute Gasteiger partial charge is 0.279 e. The third-order valence-electron chi connectivity index (χ3n) is 4.45. The van der Waals surface area contributed by atoms with Crippen molar-refractivity contribution in [2.75, 3.05) is 7.11 Å². The summed E-state index contributed by atoms with van der Waals surface area (Å²) in [6.07, 6.45) is 3.10. The predicted octanol–water partition coefficient (Wildman–Crippen LogP) is 3.02. The lowest BCUT2D eigenvalue weighted by Crippen LogP contribution is -2.42. The van der Waals surface area contributed by atoms with Crippen molar-refractivity contribution in [1.29, 1.82) is 0 Å². The van der Waals surface area contributed by atoms with E-state index in [2.05, 4.69) is 17.8 Å². The summed E-state index contributed by atoms with van der Waals surface area (Å²) in [5.41, 5.74) is 6.54. The molecule has 0 aliphatic heterocycles. The van der Waals surface area contributed by atoms with Gasteiger partial charge in [0.25, 0.3) is 5.91 Å². The lowest BCUT2D eigenvalue weighted by molar-refractivity contribution is -0.121. The van der Waals surface area contributed by atoms with Gasteiger partial charge < -0.3 is 4.74 Å². The van der Waals surface area contributed by atoms with E-state index in [9.17, 15) is 14.0 Å². The Balaban J connectivity index is 1.54. The highest BCUT2D eigenvalue weighted by atomic mass is 32.1. The number of ether oxygens (including phenoxy) is 1. The van der Waals surface area contributed by atoms with Crippen LogP contribution in [0, 0.1) is 11.7 Å². The van der Waals surface area contributed by atoms with Crippen LogP contribution in [-0.2, 0) is 24.1 Å². The van der Waals surface area contributed by atoms with E-state index in [1.54, 1.807) is 6.07 Å². The van der Waals surface area contributed by atoms with Crippen LogP contribution in [0.25, 0.3) is 0 Å². The van der Waals surface area contributed by atoms with E-state index in [1.807, 2.05) is 6.07 Å². The second kappa shape index (κ2) is 7.86. The largest absolute Gasteiger partial charge is 0.494 e. The highest BCUT2D eigenvalue weighted by Crippen LogP contribution is 2.32. The van der Waals surface area contributed by atoms with Gasteiger partial charge >= 0.3 is 0 Å². The van der Waals surface area contributed by atoms with Gasteiger partial charge in [-0.1, -0.05) is 13.0 Å². The van der Waals surface area contributed by atoms with Crippen LogP contribution in [-0.4, -0.2) is 18.9 Å². The molecule has 7 heteroatoms. The summed E-state index contributed by atoms with van der Waals surface area (Å²) < 4.78 is 18.5. The van der Waals surface area contributed by atoms with Gasteiger partial charge in [-0.05, 0) is 54.5 Å².